The Morgan fingerprint density at radius 3 is 2.75 bits per heavy atom. The molecule has 1 aliphatic carbocycles. The molecule has 0 bridgehead atoms. The van der Waals surface area contributed by atoms with Crippen LogP contribution in [0.15, 0.2) is 29.2 Å². The van der Waals surface area contributed by atoms with Gasteiger partial charge < -0.3 is 10.1 Å². The molecule has 0 saturated heterocycles. The molecule has 1 heterocycles. The van der Waals surface area contributed by atoms with Crippen LogP contribution in [0.25, 0.3) is 0 Å². The van der Waals surface area contributed by atoms with Crippen molar-refractivity contribution < 1.29 is 17.9 Å². The summed E-state index contributed by atoms with van der Waals surface area (Å²) in [6, 6.07) is 6.66. The molecule has 0 saturated carbocycles. The molecule has 1 aromatic carbocycles. The maximum Gasteiger partial charge on any atom is 0.265 e. The molecule has 6 nitrogen and oxygen atoms in total. The van der Waals surface area contributed by atoms with Gasteiger partial charge in [-0.05, 0) is 61.9 Å². The molecule has 1 aliphatic rings. The second kappa shape index (κ2) is 8.23. The van der Waals surface area contributed by atoms with Gasteiger partial charge in [0.25, 0.3) is 5.91 Å². The van der Waals surface area contributed by atoms with E-state index in [2.05, 4.69) is 12.2 Å². The van der Waals surface area contributed by atoms with E-state index in [-0.39, 0.29) is 16.6 Å². The van der Waals surface area contributed by atoms with Crippen LogP contribution in [-0.2, 0) is 22.9 Å². The van der Waals surface area contributed by atoms with Gasteiger partial charge >= 0.3 is 0 Å². The smallest absolute Gasteiger partial charge is 0.265 e. The Hall–Kier alpha value is -1.90. The largest absolute Gasteiger partial charge is 0.492 e. The maximum absolute atomic E-state index is 12.7. The lowest BCUT2D eigenvalue weighted by Crippen LogP contribution is -2.23. The molecule has 1 atom stereocenters. The zero-order valence-corrected chi connectivity index (χ0v) is 18.2. The van der Waals surface area contributed by atoms with Crippen LogP contribution in [0, 0.1) is 5.92 Å². The van der Waals surface area contributed by atoms with E-state index < -0.39 is 10.0 Å². The lowest BCUT2D eigenvalue weighted by atomic mass is 9.90. The number of hydrogen-bond donors (Lipinski definition) is 1. The number of nitrogens with zero attached hydrogens (tertiary/aromatic N) is 1. The second-order valence-electron chi connectivity index (χ2n) is 7.24. The molecule has 8 heteroatoms. The minimum Gasteiger partial charge on any atom is -0.492 e. The lowest BCUT2D eigenvalue weighted by molar-refractivity contribution is 0.103. The van der Waals surface area contributed by atoms with E-state index in [1.807, 2.05) is 6.07 Å². The molecule has 1 unspecified atom stereocenters. The Morgan fingerprint density at radius 2 is 2.07 bits per heavy atom. The monoisotopic (exact) mass is 422 g/mol. The fraction of sp³-hybridized carbons (Fsp3) is 0.450. The summed E-state index contributed by atoms with van der Waals surface area (Å²) in [5.74, 6) is 0.696. The van der Waals surface area contributed by atoms with Gasteiger partial charge in [0.15, 0.2) is 0 Å². The van der Waals surface area contributed by atoms with Crippen LogP contribution in [0.5, 0.6) is 5.75 Å². The van der Waals surface area contributed by atoms with Crippen molar-refractivity contribution in [2.24, 2.45) is 5.92 Å². The van der Waals surface area contributed by atoms with Gasteiger partial charge in [-0.15, -0.1) is 11.3 Å². The SMILES string of the molecule is CCOc1ccc(NC(=O)c2cc3c(s2)CCC(C)C3)cc1S(=O)(=O)N(C)C. The number of anilines is 1. The van der Waals surface area contributed by atoms with Crippen LogP contribution < -0.4 is 10.1 Å². The Kier molecular flexibility index (Phi) is 6.12. The molecule has 152 valence electrons. The van der Waals surface area contributed by atoms with Gasteiger partial charge in [0, 0.05) is 24.7 Å². The van der Waals surface area contributed by atoms with Crippen LogP contribution in [-0.4, -0.2) is 39.3 Å². The predicted molar refractivity (Wildman–Crippen MR) is 112 cm³/mol. The number of carbonyl (C=O) groups is 1. The summed E-state index contributed by atoms with van der Waals surface area (Å²) >= 11 is 1.53. The van der Waals surface area contributed by atoms with E-state index >= 15 is 0 Å². The highest BCUT2D eigenvalue weighted by Crippen LogP contribution is 2.33. The number of thiophene rings is 1. The minimum absolute atomic E-state index is 0.0384. The number of nitrogens with one attached hydrogen (secondary N) is 1. The standard InChI is InChI=1S/C20H26N2O4S2/c1-5-26-16-8-7-15(12-19(16)28(24,25)22(3)4)21-20(23)18-11-14-10-13(2)6-9-17(14)27-18/h7-8,11-13H,5-6,9-10H2,1-4H3,(H,21,23). The summed E-state index contributed by atoms with van der Waals surface area (Å²) in [5, 5.41) is 2.83. The average Bonchev–Trinajstić information content (AvgIpc) is 3.06. The molecule has 1 aromatic heterocycles. The molecule has 28 heavy (non-hydrogen) atoms. The molecule has 0 radical (unpaired) electrons. The molecule has 3 rings (SSSR count). The Balaban J connectivity index is 1.87. The fourth-order valence-electron chi connectivity index (χ4n) is 3.27. The molecule has 0 spiro atoms. The molecular formula is C20H26N2O4S2. The van der Waals surface area contributed by atoms with Gasteiger partial charge in [0.2, 0.25) is 10.0 Å². The summed E-state index contributed by atoms with van der Waals surface area (Å²) in [6.45, 7) is 4.37. The molecule has 2 aromatic rings. The van der Waals surface area contributed by atoms with Crippen LogP contribution in [0.2, 0.25) is 0 Å². The third kappa shape index (κ3) is 4.24. The number of benzene rings is 1. The first kappa shape index (κ1) is 20.8. The summed E-state index contributed by atoms with van der Waals surface area (Å²) in [6.07, 6.45) is 3.18. The molecule has 0 aliphatic heterocycles. The summed E-state index contributed by atoms with van der Waals surface area (Å²) in [5.41, 5.74) is 1.69. The van der Waals surface area contributed by atoms with Crippen molar-refractivity contribution in [3.05, 3.63) is 39.6 Å². The predicted octanol–water partition coefficient (Wildman–Crippen LogP) is 3.77. The fourth-order valence-corrected chi connectivity index (χ4v) is 5.42. The zero-order chi connectivity index (χ0) is 20.5. The Morgan fingerprint density at radius 1 is 1.32 bits per heavy atom. The normalized spacial score (nSPS) is 16.7. The third-order valence-corrected chi connectivity index (χ3v) is 7.89. The highest BCUT2D eigenvalue weighted by atomic mass is 32.2. The molecule has 1 N–H and O–H groups in total. The molecular weight excluding hydrogens is 396 g/mol. The van der Waals surface area contributed by atoms with E-state index in [0.717, 1.165) is 23.6 Å². The van der Waals surface area contributed by atoms with Crippen molar-refractivity contribution >= 4 is 33.0 Å². The van der Waals surface area contributed by atoms with E-state index in [0.29, 0.717) is 23.1 Å². The minimum atomic E-state index is -3.70. The number of fused-ring (bicyclic) bond motifs is 1. The number of rotatable bonds is 6. The summed E-state index contributed by atoms with van der Waals surface area (Å²) < 4.78 is 31.9. The van der Waals surface area contributed by atoms with E-state index in [4.69, 9.17) is 4.74 Å². The van der Waals surface area contributed by atoms with Crippen molar-refractivity contribution in [3.63, 3.8) is 0 Å². The van der Waals surface area contributed by atoms with Gasteiger partial charge in [-0.25, -0.2) is 12.7 Å². The van der Waals surface area contributed by atoms with Crippen molar-refractivity contribution in [3.8, 4) is 5.75 Å². The van der Waals surface area contributed by atoms with E-state index in [1.54, 1.807) is 19.1 Å². The molecule has 0 fully saturated rings. The summed E-state index contributed by atoms with van der Waals surface area (Å²) in [4.78, 5) is 14.7. The van der Waals surface area contributed by atoms with Crippen molar-refractivity contribution in [2.75, 3.05) is 26.0 Å². The number of aryl methyl sites for hydroxylation is 1. The first-order valence-corrected chi connectivity index (χ1v) is 11.6. The van der Waals surface area contributed by atoms with Gasteiger partial charge in [-0.1, -0.05) is 6.92 Å². The van der Waals surface area contributed by atoms with Gasteiger partial charge in [0.05, 0.1) is 11.5 Å². The Bertz CT molecular complexity index is 980. The lowest BCUT2D eigenvalue weighted by Gasteiger charge is -2.16. The number of ether oxygens (including phenoxy) is 1. The van der Waals surface area contributed by atoms with Crippen molar-refractivity contribution in [2.45, 2.75) is 38.0 Å². The number of carbonyl (C=O) groups excluding carboxylic acids is 1. The van der Waals surface area contributed by atoms with E-state index in [1.165, 1.54) is 41.9 Å². The van der Waals surface area contributed by atoms with Crippen LogP contribution in [0.4, 0.5) is 5.69 Å². The number of sulfonamides is 1. The quantitative estimate of drug-likeness (QED) is 0.769. The maximum atomic E-state index is 12.7. The van der Waals surface area contributed by atoms with Gasteiger partial charge in [-0.2, -0.15) is 0 Å². The number of hydrogen-bond acceptors (Lipinski definition) is 5. The molecule has 1 amide bonds. The highest BCUT2D eigenvalue weighted by molar-refractivity contribution is 7.89. The zero-order valence-electron chi connectivity index (χ0n) is 16.6. The third-order valence-electron chi connectivity index (χ3n) is 4.81. The average molecular weight is 423 g/mol. The summed E-state index contributed by atoms with van der Waals surface area (Å²) in [7, 11) is -0.770. The van der Waals surface area contributed by atoms with Crippen molar-refractivity contribution in [1.82, 2.24) is 4.31 Å². The van der Waals surface area contributed by atoms with Gasteiger partial charge in [-0.3, -0.25) is 4.79 Å². The first-order chi connectivity index (χ1) is 13.2. The van der Waals surface area contributed by atoms with Crippen LogP contribution in [0.1, 0.15) is 40.4 Å². The highest BCUT2D eigenvalue weighted by Gasteiger charge is 2.24. The first-order valence-electron chi connectivity index (χ1n) is 9.34. The topological polar surface area (TPSA) is 75.7 Å². The Labute approximate surface area is 170 Å². The van der Waals surface area contributed by atoms with Crippen LogP contribution >= 0.6 is 11.3 Å². The van der Waals surface area contributed by atoms with Crippen molar-refractivity contribution in [1.29, 1.82) is 0 Å². The number of amides is 1. The van der Waals surface area contributed by atoms with Crippen LogP contribution in [0.3, 0.4) is 0 Å². The van der Waals surface area contributed by atoms with E-state index in [9.17, 15) is 13.2 Å². The second-order valence-corrected chi connectivity index (χ2v) is 10.5. The van der Waals surface area contributed by atoms with Gasteiger partial charge in [0.1, 0.15) is 10.6 Å².